The minimum absolute atomic E-state index is 0.0153. The molecule has 6 heteroatoms. The molecule has 1 aromatic carbocycles. The molecule has 0 amide bonds. The molecule has 1 saturated heterocycles. The largest absolute Gasteiger partial charge is 0.351 e. The second-order valence-electron chi connectivity index (χ2n) is 7.50. The Kier molecular flexibility index (Phi) is 5.49. The summed E-state index contributed by atoms with van der Waals surface area (Å²) in [7, 11) is 0. The smallest absolute Gasteiger partial charge is 0.174 e. The molecule has 1 aliphatic rings. The van der Waals surface area contributed by atoms with Gasteiger partial charge in [0.25, 0.3) is 0 Å². The minimum Gasteiger partial charge on any atom is -0.351 e. The molecule has 2 aromatic heterocycles. The van der Waals surface area contributed by atoms with Gasteiger partial charge in [-0.25, -0.2) is 0 Å². The normalized spacial score (nSPS) is 18.9. The van der Waals surface area contributed by atoms with Gasteiger partial charge in [0.2, 0.25) is 0 Å². The van der Waals surface area contributed by atoms with Crippen LogP contribution in [0.4, 0.5) is 5.69 Å². The predicted octanol–water partition coefficient (Wildman–Crippen LogP) is 5.77. The maximum atomic E-state index is 5.83. The number of aryl methyl sites for hydroxylation is 2. The molecule has 4 nitrogen and oxygen atoms in total. The number of rotatable bonds is 4. The number of nitrogens with one attached hydrogen (secondary N) is 1. The van der Waals surface area contributed by atoms with E-state index >= 15 is 0 Å². The van der Waals surface area contributed by atoms with Crippen LogP contribution in [0, 0.1) is 20.8 Å². The van der Waals surface area contributed by atoms with E-state index < -0.39 is 0 Å². The van der Waals surface area contributed by atoms with Gasteiger partial charge in [0.05, 0.1) is 17.8 Å². The Morgan fingerprint density at radius 2 is 1.93 bits per heavy atom. The number of benzene rings is 1. The van der Waals surface area contributed by atoms with Crippen LogP contribution in [-0.2, 0) is 6.54 Å². The van der Waals surface area contributed by atoms with E-state index in [-0.39, 0.29) is 12.1 Å². The lowest BCUT2D eigenvalue weighted by Crippen LogP contribution is -2.29. The molecule has 150 valence electrons. The zero-order valence-electron chi connectivity index (χ0n) is 17.1. The van der Waals surface area contributed by atoms with Gasteiger partial charge in [0.15, 0.2) is 5.11 Å². The van der Waals surface area contributed by atoms with Gasteiger partial charge < -0.3 is 14.8 Å². The molecule has 0 bridgehead atoms. The third kappa shape index (κ3) is 3.49. The van der Waals surface area contributed by atoms with Crippen LogP contribution < -0.4 is 10.2 Å². The second-order valence-corrected chi connectivity index (χ2v) is 8.74. The van der Waals surface area contributed by atoms with Gasteiger partial charge >= 0.3 is 0 Å². The number of halogens is 1. The summed E-state index contributed by atoms with van der Waals surface area (Å²) < 4.78 is 3.46. The number of pyridine rings is 1. The monoisotopic (exact) mass is 468 g/mol. The van der Waals surface area contributed by atoms with Crippen molar-refractivity contribution in [2.45, 2.75) is 46.3 Å². The Morgan fingerprint density at radius 1 is 1.14 bits per heavy atom. The van der Waals surface area contributed by atoms with Gasteiger partial charge in [-0.1, -0.05) is 22.0 Å². The molecule has 1 N–H and O–H groups in total. The number of anilines is 1. The van der Waals surface area contributed by atoms with Gasteiger partial charge in [-0.2, -0.15) is 0 Å². The summed E-state index contributed by atoms with van der Waals surface area (Å²) in [4.78, 5) is 6.89. The molecule has 29 heavy (non-hydrogen) atoms. The second kappa shape index (κ2) is 7.92. The van der Waals surface area contributed by atoms with E-state index in [1.165, 1.54) is 22.5 Å². The van der Waals surface area contributed by atoms with Crippen molar-refractivity contribution in [3.63, 3.8) is 0 Å². The van der Waals surface area contributed by atoms with E-state index in [2.05, 4.69) is 93.7 Å². The summed E-state index contributed by atoms with van der Waals surface area (Å²) in [5.41, 5.74) is 7.11. The molecule has 3 aromatic rings. The van der Waals surface area contributed by atoms with Gasteiger partial charge in [0, 0.05) is 34.3 Å². The van der Waals surface area contributed by atoms with E-state index in [9.17, 15) is 0 Å². The topological polar surface area (TPSA) is 33.1 Å². The Morgan fingerprint density at radius 3 is 2.55 bits per heavy atom. The molecule has 1 aliphatic heterocycles. The highest BCUT2D eigenvalue weighted by Gasteiger charge is 2.42. The van der Waals surface area contributed by atoms with Crippen molar-refractivity contribution >= 4 is 38.9 Å². The quantitative estimate of drug-likeness (QED) is 0.492. The van der Waals surface area contributed by atoms with Crippen LogP contribution in [0.15, 0.2) is 53.1 Å². The molecule has 2 atom stereocenters. The third-order valence-electron chi connectivity index (χ3n) is 5.77. The molecule has 1 fully saturated rings. The summed E-state index contributed by atoms with van der Waals surface area (Å²) >= 11 is 9.45. The van der Waals surface area contributed by atoms with E-state index in [0.717, 1.165) is 27.5 Å². The summed E-state index contributed by atoms with van der Waals surface area (Å²) in [5, 5.41) is 4.28. The fourth-order valence-electron chi connectivity index (χ4n) is 4.34. The summed E-state index contributed by atoms with van der Waals surface area (Å²) in [6, 6.07) is 14.8. The van der Waals surface area contributed by atoms with Crippen molar-refractivity contribution in [3.8, 4) is 0 Å². The summed E-state index contributed by atoms with van der Waals surface area (Å²) in [6.07, 6.45) is 1.85. The lowest BCUT2D eigenvalue weighted by molar-refractivity contribution is 0.563. The van der Waals surface area contributed by atoms with Crippen LogP contribution in [0.2, 0.25) is 0 Å². The van der Waals surface area contributed by atoms with Gasteiger partial charge in [-0.05, 0) is 87.4 Å². The highest BCUT2D eigenvalue weighted by atomic mass is 79.9. The molecule has 4 rings (SSSR count). The molecule has 0 radical (unpaired) electrons. The van der Waals surface area contributed by atoms with Crippen LogP contribution in [0.1, 0.15) is 47.2 Å². The van der Waals surface area contributed by atoms with Crippen LogP contribution in [0.5, 0.6) is 0 Å². The lowest BCUT2D eigenvalue weighted by atomic mass is 9.96. The van der Waals surface area contributed by atoms with Crippen LogP contribution in [0.3, 0.4) is 0 Å². The van der Waals surface area contributed by atoms with E-state index in [0.29, 0.717) is 0 Å². The zero-order valence-corrected chi connectivity index (χ0v) is 19.5. The molecule has 0 saturated carbocycles. The maximum absolute atomic E-state index is 5.83. The van der Waals surface area contributed by atoms with Crippen molar-refractivity contribution in [3.05, 3.63) is 81.3 Å². The van der Waals surface area contributed by atoms with Gasteiger partial charge in [-0.3, -0.25) is 4.98 Å². The first-order valence-corrected chi connectivity index (χ1v) is 11.1. The molecule has 0 spiro atoms. The first kappa shape index (κ1) is 20.1. The zero-order chi connectivity index (χ0) is 20.7. The standard InChI is InChI=1S/C23H25BrN4S/c1-5-27-15(3)13-18(16(27)4)22-21(20-8-6-7-11-25-20)26-23(29)28(22)17-9-10-19(24)14(2)12-17/h6-13,21-22H,5H2,1-4H3,(H,26,29)/t21-,22+/m0/s1. The first-order valence-electron chi connectivity index (χ1n) is 9.85. The van der Waals surface area contributed by atoms with Gasteiger partial charge in [0.1, 0.15) is 0 Å². The van der Waals surface area contributed by atoms with Crippen LogP contribution in [0.25, 0.3) is 0 Å². The Labute approximate surface area is 186 Å². The average molecular weight is 469 g/mol. The predicted molar refractivity (Wildman–Crippen MR) is 126 cm³/mol. The van der Waals surface area contributed by atoms with E-state index in [1.54, 1.807) is 0 Å². The maximum Gasteiger partial charge on any atom is 0.174 e. The van der Waals surface area contributed by atoms with Crippen molar-refractivity contribution in [1.29, 1.82) is 0 Å². The fourth-order valence-corrected chi connectivity index (χ4v) is 4.93. The van der Waals surface area contributed by atoms with Crippen molar-refractivity contribution < 1.29 is 0 Å². The van der Waals surface area contributed by atoms with E-state index in [1.807, 2.05) is 18.3 Å². The third-order valence-corrected chi connectivity index (χ3v) is 6.97. The number of thiocarbonyl (C=S) groups is 1. The molecular formula is C23H25BrN4S. The SMILES string of the molecule is CCn1c(C)cc([C@@H]2[C@H](c3ccccn3)NC(=S)N2c2ccc(Br)c(C)c2)c1C. The highest BCUT2D eigenvalue weighted by molar-refractivity contribution is 9.10. The fraction of sp³-hybridized carbons (Fsp3) is 0.304. The van der Waals surface area contributed by atoms with Crippen molar-refractivity contribution in [2.24, 2.45) is 0 Å². The highest BCUT2D eigenvalue weighted by Crippen LogP contribution is 2.43. The van der Waals surface area contributed by atoms with Crippen LogP contribution >= 0.6 is 28.1 Å². The number of nitrogens with zero attached hydrogens (tertiary/aromatic N) is 3. The average Bonchev–Trinajstić information content (AvgIpc) is 3.20. The van der Waals surface area contributed by atoms with E-state index in [4.69, 9.17) is 12.2 Å². The summed E-state index contributed by atoms with van der Waals surface area (Å²) in [6.45, 7) is 9.62. The molecular weight excluding hydrogens is 444 g/mol. The van der Waals surface area contributed by atoms with Crippen molar-refractivity contribution in [2.75, 3.05) is 4.90 Å². The van der Waals surface area contributed by atoms with Gasteiger partial charge in [-0.15, -0.1) is 0 Å². The molecule has 0 aliphatic carbocycles. The first-order chi connectivity index (χ1) is 13.9. The minimum atomic E-state index is -0.0153. The summed E-state index contributed by atoms with van der Waals surface area (Å²) in [5.74, 6) is 0. The van der Waals surface area contributed by atoms with Crippen LogP contribution in [-0.4, -0.2) is 14.7 Å². The Bertz CT molecular complexity index is 1060. The molecule has 0 unspecified atom stereocenters. The lowest BCUT2D eigenvalue weighted by Gasteiger charge is -2.28. The Hall–Kier alpha value is -2.18. The van der Waals surface area contributed by atoms with Crippen molar-refractivity contribution in [1.82, 2.24) is 14.9 Å². The molecule has 3 heterocycles. The number of aromatic nitrogens is 2. The Balaban J connectivity index is 1.89. The number of hydrogen-bond acceptors (Lipinski definition) is 2. The number of hydrogen-bond donors (Lipinski definition) is 1.